The summed E-state index contributed by atoms with van der Waals surface area (Å²) in [5.74, 6) is -0.910. The topological polar surface area (TPSA) is 49.4 Å². The van der Waals surface area contributed by atoms with Gasteiger partial charge in [-0.3, -0.25) is 9.59 Å². The number of nitrogens with one attached hydrogen (secondary N) is 1. The second kappa shape index (κ2) is 8.27. The first-order valence-corrected chi connectivity index (χ1v) is 10.5. The third-order valence-corrected chi connectivity index (χ3v) is 5.87. The molecule has 0 radical (unpaired) electrons. The zero-order valence-corrected chi connectivity index (χ0v) is 17.3. The highest BCUT2D eigenvalue weighted by Gasteiger charge is 2.33. The zero-order chi connectivity index (χ0) is 22.1. The van der Waals surface area contributed by atoms with Crippen molar-refractivity contribution in [3.05, 3.63) is 114 Å². The van der Waals surface area contributed by atoms with E-state index in [1.165, 1.54) is 12.1 Å². The highest BCUT2D eigenvalue weighted by molar-refractivity contribution is 5.98. The van der Waals surface area contributed by atoms with Gasteiger partial charge in [0.2, 0.25) is 11.8 Å². The molecule has 1 heterocycles. The molecule has 0 spiro atoms. The van der Waals surface area contributed by atoms with Crippen molar-refractivity contribution < 1.29 is 14.0 Å². The normalized spacial score (nSPS) is 15.7. The lowest BCUT2D eigenvalue weighted by Gasteiger charge is -2.31. The number of amides is 2. The van der Waals surface area contributed by atoms with Gasteiger partial charge in [0, 0.05) is 11.3 Å². The quantitative estimate of drug-likeness (QED) is 0.498. The van der Waals surface area contributed by atoms with Gasteiger partial charge in [-0.2, -0.15) is 0 Å². The summed E-state index contributed by atoms with van der Waals surface area (Å²) in [4.78, 5) is 27.9. The van der Waals surface area contributed by atoms with Gasteiger partial charge in [0.05, 0.1) is 12.5 Å². The van der Waals surface area contributed by atoms with E-state index in [1.807, 2.05) is 72.8 Å². The van der Waals surface area contributed by atoms with Crippen LogP contribution in [0.4, 0.5) is 10.1 Å². The van der Waals surface area contributed by atoms with Gasteiger partial charge >= 0.3 is 0 Å². The molecule has 0 fully saturated rings. The van der Waals surface area contributed by atoms with E-state index in [2.05, 4.69) is 5.32 Å². The molecule has 1 aliphatic heterocycles. The van der Waals surface area contributed by atoms with Crippen LogP contribution in [0.2, 0.25) is 0 Å². The number of fused-ring (bicyclic) bond motifs is 2. The maximum atomic E-state index is 14.2. The van der Waals surface area contributed by atoms with Crippen molar-refractivity contribution in [2.45, 2.75) is 12.5 Å². The molecule has 0 bridgehead atoms. The SMILES string of the molecule is O=C1CN(C(=O)Cc2cccc3ccccc23)[C@H](c2ccccc2)c2cc(F)ccc2N1. The molecule has 1 atom stereocenters. The molecule has 0 saturated heterocycles. The molecule has 0 saturated carbocycles. The molecule has 0 unspecified atom stereocenters. The molecule has 1 aliphatic rings. The van der Waals surface area contributed by atoms with Gasteiger partial charge in [-0.15, -0.1) is 0 Å². The van der Waals surface area contributed by atoms with Crippen LogP contribution in [0.1, 0.15) is 22.7 Å². The van der Waals surface area contributed by atoms with Crippen LogP contribution in [-0.4, -0.2) is 23.3 Å². The van der Waals surface area contributed by atoms with Crippen LogP contribution in [0.3, 0.4) is 0 Å². The van der Waals surface area contributed by atoms with E-state index in [0.717, 1.165) is 21.9 Å². The van der Waals surface area contributed by atoms with Gasteiger partial charge in [0.15, 0.2) is 0 Å². The second-order valence-electron chi connectivity index (χ2n) is 7.93. The summed E-state index contributed by atoms with van der Waals surface area (Å²) < 4.78 is 14.2. The number of hydrogen-bond donors (Lipinski definition) is 1. The highest BCUT2D eigenvalue weighted by atomic mass is 19.1. The largest absolute Gasteiger partial charge is 0.324 e. The monoisotopic (exact) mass is 424 g/mol. The van der Waals surface area contributed by atoms with Gasteiger partial charge in [0.25, 0.3) is 0 Å². The van der Waals surface area contributed by atoms with E-state index in [4.69, 9.17) is 0 Å². The number of benzene rings is 4. The average Bonchev–Trinajstić information content (AvgIpc) is 2.95. The molecule has 0 aliphatic carbocycles. The molecule has 1 N–H and O–H groups in total. The summed E-state index contributed by atoms with van der Waals surface area (Å²) in [7, 11) is 0. The molecule has 0 aromatic heterocycles. The van der Waals surface area contributed by atoms with Crippen LogP contribution >= 0.6 is 0 Å². The number of carbonyl (C=O) groups excluding carboxylic acids is 2. The van der Waals surface area contributed by atoms with Gasteiger partial charge < -0.3 is 10.2 Å². The maximum absolute atomic E-state index is 14.2. The van der Waals surface area contributed by atoms with Crippen molar-refractivity contribution in [1.29, 1.82) is 0 Å². The van der Waals surface area contributed by atoms with E-state index < -0.39 is 11.9 Å². The molecule has 158 valence electrons. The number of carbonyl (C=O) groups is 2. The number of anilines is 1. The van der Waals surface area contributed by atoms with Crippen LogP contribution in [0.15, 0.2) is 91.0 Å². The summed E-state index contributed by atoms with van der Waals surface area (Å²) in [6, 6.07) is 26.9. The molecule has 4 nitrogen and oxygen atoms in total. The van der Waals surface area contributed by atoms with Gasteiger partial charge in [-0.1, -0.05) is 72.8 Å². The number of nitrogens with zero attached hydrogens (tertiary/aromatic N) is 1. The first kappa shape index (κ1) is 19.9. The van der Waals surface area contributed by atoms with Crippen molar-refractivity contribution in [3.8, 4) is 0 Å². The molecule has 32 heavy (non-hydrogen) atoms. The number of halogens is 1. The summed E-state index contributed by atoms with van der Waals surface area (Å²) in [6.07, 6.45) is 0.141. The van der Waals surface area contributed by atoms with Crippen LogP contribution in [0, 0.1) is 5.82 Å². The van der Waals surface area contributed by atoms with Crippen molar-refractivity contribution in [2.75, 3.05) is 11.9 Å². The Labute approximate surface area is 185 Å². The van der Waals surface area contributed by atoms with Crippen LogP contribution in [0.5, 0.6) is 0 Å². The first-order valence-electron chi connectivity index (χ1n) is 10.5. The Kier molecular flexibility index (Phi) is 5.15. The zero-order valence-electron chi connectivity index (χ0n) is 17.3. The minimum absolute atomic E-state index is 0.112. The molecule has 5 heteroatoms. The average molecular weight is 424 g/mol. The third kappa shape index (κ3) is 3.73. The summed E-state index contributed by atoms with van der Waals surface area (Å²) in [6.45, 7) is -0.112. The second-order valence-corrected chi connectivity index (χ2v) is 7.93. The first-order chi connectivity index (χ1) is 15.6. The van der Waals surface area contributed by atoms with Gasteiger partial charge in [-0.25, -0.2) is 4.39 Å². The maximum Gasteiger partial charge on any atom is 0.244 e. The lowest BCUT2D eigenvalue weighted by molar-refractivity contribution is -0.135. The van der Waals surface area contributed by atoms with E-state index in [9.17, 15) is 14.0 Å². The fourth-order valence-electron chi connectivity index (χ4n) is 4.42. The van der Waals surface area contributed by atoms with Crippen molar-refractivity contribution in [2.24, 2.45) is 0 Å². The van der Waals surface area contributed by atoms with Crippen LogP contribution < -0.4 is 5.32 Å². The van der Waals surface area contributed by atoms with Gasteiger partial charge in [-0.05, 0) is 40.1 Å². The third-order valence-electron chi connectivity index (χ3n) is 5.87. The van der Waals surface area contributed by atoms with Crippen molar-refractivity contribution in [1.82, 2.24) is 4.90 Å². The van der Waals surface area contributed by atoms with Crippen molar-refractivity contribution in [3.63, 3.8) is 0 Å². The predicted molar refractivity (Wildman–Crippen MR) is 123 cm³/mol. The Balaban J connectivity index is 1.60. The Morgan fingerprint density at radius 3 is 2.53 bits per heavy atom. The van der Waals surface area contributed by atoms with E-state index in [0.29, 0.717) is 11.3 Å². The lowest BCUT2D eigenvalue weighted by atomic mass is 9.94. The number of rotatable bonds is 3. The number of hydrogen-bond acceptors (Lipinski definition) is 2. The molecule has 2 amide bonds. The molecular formula is C27H21FN2O2. The standard InChI is InChI=1S/C27H21FN2O2/c28-21-13-14-24-23(16-21)27(19-8-2-1-3-9-19)30(17-25(31)29-24)26(32)15-20-11-6-10-18-7-4-5-12-22(18)20/h1-14,16,27H,15,17H2,(H,29,31)/t27-/m1/s1. The summed E-state index contributed by atoms with van der Waals surface area (Å²) >= 11 is 0. The van der Waals surface area contributed by atoms with Crippen LogP contribution in [0.25, 0.3) is 10.8 Å². The molecule has 4 aromatic carbocycles. The Morgan fingerprint density at radius 1 is 0.938 bits per heavy atom. The Bertz CT molecular complexity index is 1310. The fraction of sp³-hybridized carbons (Fsp3) is 0.111. The Morgan fingerprint density at radius 2 is 1.69 bits per heavy atom. The van der Waals surface area contributed by atoms with Gasteiger partial charge in [0.1, 0.15) is 12.4 Å². The van der Waals surface area contributed by atoms with E-state index >= 15 is 0 Å². The molecular weight excluding hydrogens is 403 g/mol. The van der Waals surface area contributed by atoms with Crippen molar-refractivity contribution >= 4 is 28.3 Å². The molecule has 4 aromatic rings. The summed E-state index contributed by atoms with van der Waals surface area (Å²) in [5.41, 5.74) is 2.80. The predicted octanol–water partition coefficient (Wildman–Crippen LogP) is 5.09. The lowest BCUT2D eigenvalue weighted by Crippen LogP contribution is -2.39. The van der Waals surface area contributed by atoms with E-state index in [1.54, 1.807) is 11.0 Å². The Hall–Kier alpha value is -3.99. The fourth-order valence-corrected chi connectivity index (χ4v) is 4.42. The molecule has 5 rings (SSSR count). The smallest absolute Gasteiger partial charge is 0.244 e. The van der Waals surface area contributed by atoms with E-state index in [-0.39, 0.29) is 24.8 Å². The highest BCUT2D eigenvalue weighted by Crippen LogP contribution is 2.36. The van der Waals surface area contributed by atoms with Crippen LogP contribution in [-0.2, 0) is 16.0 Å². The minimum atomic E-state index is -0.580. The summed E-state index contributed by atoms with van der Waals surface area (Å²) in [5, 5.41) is 4.89. The minimum Gasteiger partial charge on any atom is -0.324 e.